The summed E-state index contributed by atoms with van der Waals surface area (Å²) in [6, 6.07) is 11.9. The molecule has 2 aromatic rings. The molecular formula is C23H29ClN2O5S. The number of hydrogen-bond acceptors (Lipinski definition) is 5. The molecule has 0 bridgehead atoms. The Kier molecular flexibility index (Phi) is 7.25. The third kappa shape index (κ3) is 5.13. The number of carbonyl (C=O) groups is 1. The minimum absolute atomic E-state index is 0.210. The van der Waals surface area contributed by atoms with Gasteiger partial charge in [0.15, 0.2) is 0 Å². The molecule has 0 spiro atoms. The van der Waals surface area contributed by atoms with Crippen molar-refractivity contribution in [3.8, 4) is 11.5 Å². The molecule has 0 radical (unpaired) electrons. The molecule has 174 valence electrons. The van der Waals surface area contributed by atoms with E-state index in [-0.39, 0.29) is 17.3 Å². The lowest BCUT2D eigenvalue weighted by atomic mass is 9.83. The second-order valence-corrected chi connectivity index (χ2v) is 10.3. The molecule has 1 amide bonds. The van der Waals surface area contributed by atoms with Crippen molar-refractivity contribution in [2.75, 3.05) is 24.2 Å². The molecule has 32 heavy (non-hydrogen) atoms. The number of sulfonamides is 1. The first-order valence-electron chi connectivity index (χ1n) is 10.5. The number of benzene rings is 2. The molecule has 0 unspecified atom stereocenters. The van der Waals surface area contributed by atoms with Crippen molar-refractivity contribution >= 4 is 33.2 Å². The van der Waals surface area contributed by atoms with Crippen LogP contribution in [0.15, 0.2) is 42.5 Å². The van der Waals surface area contributed by atoms with Crippen molar-refractivity contribution < 1.29 is 22.7 Å². The van der Waals surface area contributed by atoms with Crippen molar-refractivity contribution in [1.29, 1.82) is 0 Å². The second-order valence-electron chi connectivity index (χ2n) is 7.94. The van der Waals surface area contributed by atoms with Crippen LogP contribution in [-0.4, -0.2) is 39.8 Å². The third-order valence-electron chi connectivity index (χ3n) is 5.92. The van der Waals surface area contributed by atoms with E-state index in [1.807, 2.05) is 24.3 Å². The maximum absolute atomic E-state index is 13.1. The van der Waals surface area contributed by atoms with Crippen LogP contribution in [0.3, 0.4) is 0 Å². The summed E-state index contributed by atoms with van der Waals surface area (Å²) in [5.41, 5.74) is 0.699. The molecule has 1 aliphatic heterocycles. The molecule has 2 aromatic carbocycles. The Labute approximate surface area is 194 Å². The first-order chi connectivity index (χ1) is 15.1. The first kappa shape index (κ1) is 24.2. The molecule has 1 atom stereocenters. The lowest BCUT2D eigenvalue weighted by molar-refractivity contribution is -0.121. The highest BCUT2D eigenvalue weighted by Gasteiger charge is 2.39. The zero-order valence-electron chi connectivity index (χ0n) is 18.7. The molecular weight excluding hydrogens is 452 g/mol. The average Bonchev–Trinajstić information content (AvgIpc) is 2.76. The lowest BCUT2D eigenvalue weighted by Crippen LogP contribution is -2.47. The number of nitrogens with zero attached hydrogens (tertiary/aromatic N) is 1. The van der Waals surface area contributed by atoms with Gasteiger partial charge >= 0.3 is 0 Å². The van der Waals surface area contributed by atoms with Crippen molar-refractivity contribution in [3.05, 3.63) is 53.1 Å². The van der Waals surface area contributed by atoms with Crippen LogP contribution >= 0.6 is 11.6 Å². The standard InChI is InChI=1S/C23H29ClN2O5S/c1-5-23(6-2)14-18(17-9-7-8-10-20(17)31-23)25-22(27)15-26(32(4,28)29)19-13-16(24)11-12-21(19)30-3/h7-13,18H,5-6,14-15H2,1-4H3,(H,25,27)/t18-/m1/s1. The monoisotopic (exact) mass is 480 g/mol. The summed E-state index contributed by atoms with van der Waals surface area (Å²) in [5.74, 6) is 0.615. The maximum atomic E-state index is 13.1. The number of fused-ring (bicyclic) bond motifs is 1. The summed E-state index contributed by atoms with van der Waals surface area (Å²) in [6.07, 6.45) is 3.23. The topological polar surface area (TPSA) is 84.9 Å². The summed E-state index contributed by atoms with van der Waals surface area (Å²) in [7, 11) is -2.35. The summed E-state index contributed by atoms with van der Waals surface area (Å²) in [4.78, 5) is 13.1. The van der Waals surface area contributed by atoms with Crippen LogP contribution in [0.2, 0.25) is 5.02 Å². The number of methoxy groups -OCH3 is 1. The Morgan fingerprint density at radius 1 is 1.25 bits per heavy atom. The predicted molar refractivity (Wildman–Crippen MR) is 126 cm³/mol. The van der Waals surface area contributed by atoms with Crippen molar-refractivity contribution in [2.24, 2.45) is 0 Å². The molecule has 0 aliphatic carbocycles. The molecule has 7 nitrogen and oxygen atoms in total. The van der Waals surface area contributed by atoms with Gasteiger partial charge in [0, 0.05) is 17.0 Å². The number of anilines is 1. The SMILES string of the molecule is CCC1(CC)C[C@@H](NC(=O)CN(c2cc(Cl)ccc2OC)S(C)(=O)=O)c2ccccc2O1. The molecule has 0 fully saturated rings. The van der Waals surface area contributed by atoms with Crippen molar-refractivity contribution in [3.63, 3.8) is 0 Å². The van der Waals surface area contributed by atoms with Gasteiger partial charge in [-0.1, -0.05) is 43.6 Å². The van der Waals surface area contributed by atoms with Crippen LogP contribution in [-0.2, 0) is 14.8 Å². The van der Waals surface area contributed by atoms with Crippen molar-refractivity contribution in [2.45, 2.75) is 44.8 Å². The fourth-order valence-corrected chi connectivity index (χ4v) is 5.06. The molecule has 1 heterocycles. The zero-order chi connectivity index (χ0) is 23.5. The van der Waals surface area contributed by atoms with Gasteiger partial charge in [0.2, 0.25) is 15.9 Å². The van der Waals surface area contributed by atoms with E-state index in [1.54, 1.807) is 12.1 Å². The number of carbonyl (C=O) groups excluding carboxylic acids is 1. The Morgan fingerprint density at radius 2 is 1.94 bits per heavy atom. The van der Waals surface area contributed by atoms with Crippen LogP contribution in [0.5, 0.6) is 11.5 Å². The Bertz CT molecular complexity index is 1090. The average molecular weight is 481 g/mol. The van der Waals surface area contributed by atoms with E-state index in [4.69, 9.17) is 21.1 Å². The quantitative estimate of drug-likeness (QED) is 0.608. The van der Waals surface area contributed by atoms with Crippen LogP contribution < -0.4 is 19.1 Å². The molecule has 9 heteroatoms. The number of hydrogen-bond donors (Lipinski definition) is 1. The van der Waals surface area contributed by atoms with E-state index < -0.39 is 22.5 Å². The largest absolute Gasteiger partial charge is 0.495 e. The van der Waals surface area contributed by atoms with Gasteiger partial charge in [-0.2, -0.15) is 0 Å². The van der Waals surface area contributed by atoms with Gasteiger partial charge in [-0.05, 0) is 37.1 Å². The summed E-state index contributed by atoms with van der Waals surface area (Å²) >= 11 is 6.09. The number of amides is 1. The van der Waals surface area contributed by atoms with Crippen molar-refractivity contribution in [1.82, 2.24) is 5.32 Å². The van der Waals surface area contributed by atoms with E-state index in [9.17, 15) is 13.2 Å². The third-order valence-corrected chi connectivity index (χ3v) is 7.28. The number of ether oxygens (including phenoxy) is 2. The number of nitrogens with one attached hydrogen (secondary N) is 1. The molecule has 3 rings (SSSR count). The van der Waals surface area contributed by atoms with E-state index in [0.717, 1.165) is 34.7 Å². The number of halogens is 1. The van der Waals surface area contributed by atoms with Gasteiger partial charge < -0.3 is 14.8 Å². The minimum Gasteiger partial charge on any atom is -0.495 e. The summed E-state index contributed by atoms with van der Waals surface area (Å²) < 4.78 is 37.7. The van der Waals surface area contributed by atoms with E-state index in [1.165, 1.54) is 13.2 Å². The van der Waals surface area contributed by atoms with Crippen LogP contribution in [0.1, 0.15) is 44.7 Å². The molecule has 0 aromatic heterocycles. The fourth-order valence-electron chi connectivity index (χ4n) is 4.04. The highest BCUT2D eigenvalue weighted by Crippen LogP contribution is 2.42. The Balaban J connectivity index is 1.89. The van der Waals surface area contributed by atoms with Crippen LogP contribution in [0.4, 0.5) is 5.69 Å². The maximum Gasteiger partial charge on any atom is 0.241 e. The molecule has 0 saturated carbocycles. The first-order valence-corrected chi connectivity index (χ1v) is 12.7. The molecule has 1 aliphatic rings. The van der Waals surface area contributed by atoms with Gasteiger partial charge in [0.25, 0.3) is 0 Å². The van der Waals surface area contributed by atoms with Gasteiger partial charge in [-0.15, -0.1) is 0 Å². The molecule has 0 saturated heterocycles. The smallest absolute Gasteiger partial charge is 0.241 e. The highest BCUT2D eigenvalue weighted by molar-refractivity contribution is 7.92. The summed E-state index contributed by atoms with van der Waals surface area (Å²) in [6.45, 7) is 3.72. The van der Waals surface area contributed by atoms with E-state index >= 15 is 0 Å². The number of para-hydroxylation sites is 1. The predicted octanol–water partition coefficient (Wildman–Crippen LogP) is 4.31. The second kappa shape index (κ2) is 9.58. The summed E-state index contributed by atoms with van der Waals surface area (Å²) in [5, 5.41) is 3.36. The minimum atomic E-state index is -3.79. The lowest BCUT2D eigenvalue weighted by Gasteiger charge is -2.41. The molecule has 1 N–H and O–H groups in total. The fraction of sp³-hybridized carbons (Fsp3) is 0.435. The zero-order valence-corrected chi connectivity index (χ0v) is 20.3. The number of rotatable bonds is 8. The van der Waals surface area contributed by atoms with Crippen LogP contribution in [0, 0.1) is 0 Å². The van der Waals surface area contributed by atoms with E-state index in [2.05, 4.69) is 19.2 Å². The van der Waals surface area contributed by atoms with Gasteiger partial charge in [-0.3, -0.25) is 9.10 Å². The highest BCUT2D eigenvalue weighted by atomic mass is 35.5. The Hall–Kier alpha value is -2.45. The van der Waals surface area contributed by atoms with Gasteiger partial charge in [0.1, 0.15) is 23.6 Å². The van der Waals surface area contributed by atoms with Gasteiger partial charge in [0.05, 0.1) is 25.1 Å². The van der Waals surface area contributed by atoms with E-state index in [0.29, 0.717) is 17.2 Å². The Morgan fingerprint density at radius 3 is 2.56 bits per heavy atom. The van der Waals surface area contributed by atoms with Crippen LogP contribution in [0.25, 0.3) is 0 Å². The van der Waals surface area contributed by atoms with Gasteiger partial charge in [-0.25, -0.2) is 8.42 Å². The normalized spacial score (nSPS) is 17.1.